The van der Waals surface area contributed by atoms with E-state index in [4.69, 9.17) is 15.0 Å². The molecule has 0 radical (unpaired) electrons. The predicted octanol–water partition coefficient (Wildman–Crippen LogP) is 34.9. The highest BCUT2D eigenvalue weighted by molar-refractivity contribution is 6.26. The Hall–Kier alpha value is -16.7. The van der Waals surface area contributed by atoms with Crippen LogP contribution >= 0.6 is 0 Å². The van der Waals surface area contributed by atoms with Gasteiger partial charge in [-0.25, -0.2) is 9.97 Å². The van der Waals surface area contributed by atoms with Crippen molar-refractivity contribution in [1.29, 1.82) is 0 Å². The van der Waals surface area contributed by atoms with Crippen LogP contribution in [0.1, 0.15) is 74.9 Å². The van der Waals surface area contributed by atoms with Gasteiger partial charge < -0.3 is 0 Å². The summed E-state index contributed by atoms with van der Waals surface area (Å²) in [6, 6.07) is 157. The summed E-state index contributed by atoms with van der Waals surface area (Å²) in [5.41, 5.74) is 40.6. The fourth-order valence-corrected chi connectivity index (χ4v) is 22.9. The first kappa shape index (κ1) is 80.4. The van der Waals surface area contributed by atoms with Gasteiger partial charge >= 0.3 is 0 Å². The molecule has 0 N–H and O–H groups in total. The van der Waals surface area contributed by atoms with E-state index in [1.54, 1.807) is 0 Å². The summed E-state index contributed by atoms with van der Waals surface area (Å²) in [4.78, 5) is 19.9. The summed E-state index contributed by atoms with van der Waals surface area (Å²) in [5.74, 6) is 0. The number of para-hydroxylation sites is 1. The molecule has 0 bridgehead atoms. The van der Waals surface area contributed by atoms with Crippen LogP contribution in [0.25, 0.3) is 231 Å². The van der Waals surface area contributed by atoms with Crippen LogP contribution in [0.15, 0.2) is 449 Å². The summed E-state index contributed by atoms with van der Waals surface area (Å²) < 4.78 is 0. The number of hydrogen-bond acceptors (Lipinski definition) is 4. The third kappa shape index (κ3) is 13.2. The van der Waals surface area contributed by atoms with Gasteiger partial charge in [0.15, 0.2) is 0 Å². The molecule has 0 spiro atoms. The monoisotopic (exact) mass is 1720 g/mol. The van der Waals surface area contributed by atoms with Crippen LogP contribution in [0.2, 0.25) is 0 Å². The molecule has 0 aliphatic heterocycles. The Morgan fingerprint density at radius 1 is 0.178 bits per heavy atom. The number of nitrogens with zero attached hydrogens (tertiary/aromatic N) is 4. The lowest BCUT2D eigenvalue weighted by atomic mass is 9.80. The van der Waals surface area contributed by atoms with Gasteiger partial charge in [0.1, 0.15) is 0 Å². The zero-order valence-corrected chi connectivity index (χ0v) is 76.0. The lowest BCUT2D eigenvalue weighted by molar-refractivity contribution is 0.660. The van der Waals surface area contributed by atoms with Gasteiger partial charge in [-0.05, 0) is 270 Å². The Morgan fingerprint density at radius 2 is 0.481 bits per heavy atom. The van der Waals surface area contributed by atoms with E-state index in [0.717, 1.165) is 55.2 Å². The van der Waals surface area contributed by atoms with Crippen molar-refractivity contribution in [2.24, 2.45) is 0 Å². The number of benzene rings is 20. The smallest absolute Gasteiger partial charge is 0.0972 e. The number of fused-ring (bicyclic) bond motifs is 19. The van der Waals surface area contributed by atoms with Crippen molar-refractivity contribution >= 4 is 97.3 Å². The number of hydrogen-bond donors (Lipinski definition) is 0. The van der Waals surface area contributed by atoms with E-state index in [-0.39, 0.29) is 16.2 Å². The minimum absolute atomic E-state index is 0.0572. The standard InChI is InChI=1S/C47H32N2.C44H31N.C40H29N/c1-47(2)40-17-9-8-14-34(40)35-23-21-33(28-41(35)47)43-36-15-6-7-16-37(36)44(38-24-20-32(27-39(38)43)29-11-4-3-5-12-29)42-25-22-31-19-18-30-13-10-26-48-45(30)46(31)49-42;1-44(2)38-18-10-9-15-32(38)33-23-21-31(27-39(33)44)42-34-16-7-8-17-35(34)43(41-25-22-29-14-6-11-19-40(29)45-41)36-24-20-30(26-37(36)42)28-12-4-3-5-13-28;1-40(2)36-17-9-8-14-30(36)31-20-19-28(24-37(31)40)38-32-15-6-7-16-33(32)39(29-13-10-22-41-25-29)34-21-18-27(23-35(34)38)26-11-4-3-5-12-26/h3-28H,1-2H3;3-27H,1-2H3;3-25H,1-2H3. The van der Waals surface area contributed by atoms with Crippen LogP contribution < -0.4 is 0 Å². The Labute approximate surface area is 786 Å². The van der Waals surface area contributed by atoms with E-state index in [9.17, 15) is 0 Å². The minimum atomic E-state index is -0.0888. The Morgan fingerprint density at radius 3 is 0.904 bits per heavy atom. The SMILES string of the molecule is CC1(C)c2ccccc2-c2ccc(-c3c4ccccc4c(-c4ccc5ccc6cccnc6c5n4)c4ccc(-c5ccccc5)cc34)cc21.CC1(C)c2ccccc2-c2ccc(-c3c4ccccc4c(-c4ccc5ccccc5n4)c4ccc(-c5ccccc5)cc34)cc21.CC1(C)c2ccccc2-c2ccc(-c3c4ccccc4c(-c4cccnc4)c4ccc(-c5ccccc5)cc34)cc21. The van der Waals surface area contributed by atoms with Gasteiger partial charge in [0.05, 0.1) is 27.9 Å². The van der Waals surface area contributed by atoms with Crippen molar-refractivity contribution < 1.29 is 0 Å². The molecule has 3 aliphatic carbocycles. The molecule has 135 heavy (non-hydrogen) atoms. The summed E-state index contributed by atoms with van der Waals surface area (Å²) in [6.45, 7) is 14.2. The molecule has 4 heterocycles. The van der Waals surface area contributed by atoms with E-state index < -0.39 is 0 Å². The molecule has 0 fully saturated rings. The first-order chi connectivity index (χ1) is 66.2. The van der Waals surface area contributed by atoms with Crippen molar-refractivity contribution in [3.8, 4) is 134 Å². The maximum atomic E-state index is 5.38. The van der Waals surface area contributed by atoms with Crippen LogP contribution in [0.4, 0.5) is 0 Å². The minimum Gasteiger partial charge on any atom is -0.264 e. The van der Waals surface area contributed by atoms with E-state index in [2.05, 4.69) is 465 Å². The van der Waals surface area contributed by atoms with E-state index >= 15 is 0 Å². The zero-order chi connectivity index (χ0) is 90.4. The molecule has 0 atom stereocenters. The molecular weight excluding hydrogens is 1630 g/mol. The van der Waals surface area contributed by atoms with Crippen molar-refractivity contribution in [3.63, 3.8) is 0 Å². The second-order valence-electron chi connectivity index (χ2n) is 38.1. The van der Waals surface area contributed by atoms with Crippen molar-refractivity contribution in [2.75, 3.05) is 0 Å². The highest BCUT2D eigenvalue weighted by atomic mass is 14.8. The van der Waals surface area contributed by atoms with Crippen molar-refractivity contribution in [2.45, 2.75) is 57.8 Å². The van der Waals surface area contributed by atoms with E-state index in [1.165, 1.54) is 209 Å². The Bertz CT molecular complexity index is 9000. The highest BCUT2D eigenvalue weighted by Gasteiger charge is 2.39. The molecule has 3 aliphatic rings. The molecule has 0 saturated carbocycles. The number of aromatic nitrogens is 4. The largest absolute Gasteiger partial charge is 0.264 e. The van der Waals surface area contributed by atoms with E-state index in [1.807, 2.05) is 30.7 Å². The lowest BCUT2D eigenvalue weighted by Gasteiger charge is -2.23. The first-order valence-corrected chi connectivity index (χ1v) is 47.0. The van der Waals surface area contributed by atoms with E-state index in [0.29, 0.717) is 0 Å². The predicted molar refractivity (Wildman–Crippen MR) is 570 cm³/mol. The van der Waals surface area contributed by atoms with Gasteiger partial charge in [0.25, 0.3) is 0 Å². The normalized spacial score (nSPS) is 13.3. The average molecular weight is 1720 g/mol. The third-order valence-corrected chi connectivity index (χ3v) is 29.5. The molecule has 0 unspecified atom stereocenters. The fraction of sp³-hybridized carbons (Fsp3) is 0.0687. The molecule has 636 valence electrons. The molecule has 27 rings (SSSR count). The molecule has 20 aromatic carbocycles. The van der Waals surface area contributed by atoms with Crippen LogP contribution in [0, 0.1) is 0 Å². The molecule has 4 heteroatoms. The third-order valence-electron chi connectivity index (χ3n) is 29.5. The topological polar surface area (TPSA) is 51.6 Å². The van der Waals surface area contributed by atoms with Crippen LogP contribution in [0.3, 0.4) is 0 Å². The van der Waals surface area contributed by atoms with Gasteiger partial charge in [-0.15, -0.1) is 0 Å². The highest BCUT2D eigenvalue weighted by Crippen LogP contribution is 2.57. The van der Waals surface area contributed by atoms with Crippen LogP contribution in [0.5, 0.6) is 0 Å². The van der Waals surface area contributed by atoms with Gasteiger partial charge in [0, 0.05) is 67.7 Å². The summed E-state index contributed by atoms with van der Waals surface area (Å²) in [6.07, 6.45) is 5.69. The van der Waals surface area contributed by atoms with Crippen LogP contribution in [-0.2, 0) is 16.2 Å². The van der Waals surface area contributed by atoms with Crippen molar-refractivity contribution in [1.82, 2.24) is 19.9 Å². The first-order valence-electron chi connectivity index (χ1n) is 47.0. The zero-order valence-electron chi connectivity index (χ0n) is 76.0. The summed E-state index contributed by atoms with van der Waals surface area (Å²) >= 11 is 0. The number of pyridine rings is 4. The maximum absolute atomic E-state index is 5.38. The Balaban J connectivity index is 0.000000108. The fourth-order valence-electron chi connectivity index (χ4n) is 22.9. The number of rotatable bonds is 9. The second kappa shape index (κ2) is 31.8. The van der Waals surface area contributed by atoms with Crippen LogP contribution in [-0.4, -0.2) is 19.9 Å². The summed E-state index contributed by atoms with van der Waals surface area (Å²) in [5, 5.41) is 18.1. The molecular formula is C131H92N4. The molecule has 4 aromatic heterocycles. The molecule has 4 nitrogen and oxygen atoms in total. The van der Waals surface area contributed by atoms with Gasteiger partial charge in [-0.3, -0.25) is 9.97 Å². The molecule has 0 amide bonds. The van der Waals surface area contributed by atoms with Gasteiger partial charge in [-0.1, -0.05) is 406 Å². The molecule has 0 saturated heterocycles. The average Bonchev–Trinajstić information content (AvgIpc) is 1.56. The Kier molecular flexibility index (Phi) is 19.0. The lowest BCUT2D eigenvalue weighted by Crippen LogP contribution is -2.14. The summed E-state index contributed by atoms with van der Waals surface area (Å²) in [7, 11) is 0. The van der Waals surface area contributed by atoms with Crippen molar-refractivity contribution in [3.05, 3.63) is 483 Å². The second-order valence-corrected chi connectivity index (χ2v) is 38.1. The maximum Gasteiger partial charge on any atom is 0.0972 e. The quantitative estimate of drug-likeness (QED) is 0.107. The van der Waals surface area contributed by atoms with Gasteiger partial charge in [-0.2, -0.15) is 0 Å². The molecule has 24 aromatic rings. The van der Waals surface area contributed by atoms with Gasteiger partial charge in [0.2, 0.25) is 0 Å².